The maximum atomic E-state index is 13.0. The molecule has 5 rings (SSSR count). The number of rotatable bonds is 13. The maximum absolute atomic E-state index is 13.0. The molecule has 4 aliphatic carbocycles. The van der Waals surface area contributed by atoms with E-state index >= 15 is 0 Å². The predicted octanol–water partition coefficient (Wildman–Crippen LogP) is 2.85. The smallest absolute Gasteiger partial charge is 0.397 e. The van der Waals surface area contributed by atoms with Crippen LogP contribution in [-0.4, -0.2) is 95.0 Å². The zero-order valence-electron chi connectivity index (χ0n) is 27.0. The number of carboxylic acid groups (broad SMARTS) is 1. The molecule has 10 unspecified atom stereocenters. The number of carbonyl (C=O) groups is 2. The van der Waals surface area contributed by atoms with E-state index < -0.39 is 88.6 Å². The van der Waals surface area contributed by atoms with Crippen LogP contribution in [0.1, 0.15) is 72.1 Å². The summed E-state index contributed by atoms with van der Waals surface area (Å²) in [7, 11) is -5.24. The van der Waals surface area contributed by atoms with E-state index in [1.54, 1.807) is 13.8 Å². The molecule has 274 valence electrons. The lowest BCUT2D eigenvalue weighted by Gasteiger charge is -2.62. The third-order valence-electron chi connectivity index (χ3n) is 11.5. The average Bonchev–Trinajstić information content (AvgIpc) is 3.16. The van der Waals surface area contributed by atoms with Crippen LogP contribution in [-0.2, 0) is 51.9 Å². The highest BCUT2D eigenvalue weighted by Gasteiger charge is 2.67. The van der Waals surface area contributed by atoms with Gasteiger partial charge in [-0.3, -0.25) is 18.3 Å². The van der Waals surface area contributed by atoms with E-state index in [0.29, 0.717) is 19.3 Å². The Bertz CT molecular complexity index is 1310. The number of esters is 1. The van der Waals surface area contributed by atoms with E-state index in [2.05, 4.69) is 22.9 Å². The second-order valence-electron chi connectivity index (χ2n) is 14.6. The Labute approximate surface area is 283 Å². The summed E-state index contributed by atoms with van der Waals surface area (Å²) in [6.07, 6.45) is -5.72. The second-order valence-corrected chi connectivity index (χ2v) is 16.1. The van der Waals surface area contributed by atoms with E-state index in [1.807, 2.05) is 0 Å². The highest BCUT2D eigenvalue weighted by Crippen LogP contribution is 2.70. The van der Waals surface area contributed by atoms with Gasteiger partial charge >= 0.3 is 22.3 Å². The van der Waals surface area contributed by atoms with Crippen molar-refractivity contribution in [3.63, 3.8) is 0 Å². The number of ether oxygens (including phenoxy) is 3. The molecule has 0 aromatic rings. The number of fused-ring (bicyclic) bond motifs is 3. The summed E-state index contributed by atoms with van der Waals surface area (Å²) < 4.78 is 66.3. The molecule has 1 spiro atoms. The molecule has 2 bridgehead atoms. The summed E-state index contributed by atoms with van der Waals surface area (Å²) in [4.78, 5) is 25.8. The van der Waals surface area contributed by atoms with Crippen molar-refractivity contribution in [1.82, 2.24) is 0 Å². The van der Waals surface area contributed by atoms with E-state index in [-0.39, 0.29) is 48.8 Å². The maximum Gasteiger partial charge on any atom is 0.397 e. The first kappa shape index (κ1) is 37.8. The number of aliphatic hydroxyl groups excluding tert-OH is 2. The summed E-state index contributed by atoms with van der Waals surface area (Å²) in [5, 5.41) is 44.1. The summed E-state index contributed by atoms with van der Waals surface area (Å²) in [6, 6.07) is 0. The Morgan fingerprint density at radius 1 is 1.15 bits per heavy atom. The summed E-state index contributed by atoms with van der Waals surface area (Å²) >= 11 is 0.0154. The average molecular weight is 727 g/mol. The van der Waals surface area contributed by atoms with Crippen LogP contribution in [0.25, 0.3) is 0 Å². The highest BCUT2D eigenvalue weighted by atomic mass is 32.3. The lowest BCUT2D eigenvalue weighted by molar-refractivity contribution is -0.435. The fraction of sp³-hybridized carbons (Fsp3) is 0.867. The minimum Gasteiger partial charge on any atom is -0.481 e. The standard InChI is InChI=1S/C30H46O16S2/c1-14(2)9-22(32)42-25-24(44-48(37,38)39)23(43-47-46-45-36)20(13-31)41-28(25)40-17-10-18(27(34)35)19-7-8-30-11-16(15(3)26(30)33)5-6-21(30)29(19,4)12-17/h14,16-21,23-26,28,31,33,36H,3,5-13H2,1-2,4H3,(H,34,35)(H,37,38,39)/t16?,17?,18?,19?,20-,21?,23+,24?,25?,26-,28?,29?,30?/m0/s1. The van der Waals surface area contributed by atoms with Crippen LogP contribution in [0, 0.1) is 40.4 Å². The first-order valence-electron chi connectivity index (χ1n) is 16.2. The summed E-state index contributed by atoms with van der Waals surface area (Å²) in [5.74, 6) is -2.80. The van der Waals surface area contributed by atoms with Crippen molar-refractivity contribution in [3.8, 4) is 0 Å². The summed E-state index contributed by atoms with van der Waals surface area (Å²) in [6.45, 7) is 8.94. The predicted molar refractivity (Wildman–Crippen MR) is 163 cm³/mol. The fourth-order valence-electron chi connectivity index (χ4n) is 9.76. The van der Waals surface area contributed by atoms with Crippen LogP contribution in [0.3, 0.4) is 0 Å². The van der Waals surface area contributed by atoms with Crippen LogP contribution in [0.2, 0.25) is 0 Å². The van der Waals surface area contributed by atoms with Crippen LogP contribution >= 0.6 is 12.3 Å². The molecule has 5 aliphatic rings. The molecular formula is C30H46O16S2. The first-order valence-corrected chi connectivity index (χ1v) is 18.2. The topological polar surface area (TPSA) is 234 Å². The lowest BCUT2D eigenvalue weighted by atomic mass is 9.43. The van der Waals surface area contributed by atoms with Gasteiger partial charge in [-0.1, -0.05) is 32.4 Å². The third-order valence-corrected chi connectivity index (χ3v) is 12.4. The monoisotopic (exact) mass is 726 g/mol. The van der Waals surface area contributed by atoms with Crippen LogP contribution in [0.4, 0.5) is 0 Å². The Hall–Kier alpha value is -1.42. The molecule has 0 aromatic carbocycles. The first-order chi connectivity index (χ1) is 22.5. The molecule has 1 saturated heterocycles. The number of hydrogen-bond donors (Lipinski definition) is 5. The van der Waals surface area contributed by atoms with Gasteiger partial charge in [0.1, 0.15) is 12.2 Å². The molecule has 0 amide bonds. The van der Waals surface area contributed by atoms with Gasteiger partial charge in [0.15, 0.2) is 30.8 Å². The number of aliphatic hydroxyl groups is 2. The van der Waals surface area contributed by atoms with Crippen LogP contribution in [0.15, 0.2) is 12.2 Å². The zero-order valence-corrected chi connectivity index (χ0v) is 28.7. The van der Waals surface area contributed by atoms with Crippen molar-refractivity contribution < 1.29 is 75.1 Å². The van der Waals surface area contributed by atoms with Crippen molar-refractivity contribution in [1.29, 1.82) is 0 Å². The molecule has 16 nitrogen and oxygen atoms in total. The van der Waals surface area contributed by atoms with Gasteiger partial charge in [0.05, 0.1) is 24.7 Å². The molecular weight excluding hydrogens is 680 g/mol. The number of carboxylic acids is 1. The van der Waals surface area contributed by atoms with E-state index in [4.69, 9.17) is 27.8 Å². The molecule has 5 N–H and O–H groups in total. The largest absolute Gasteiger partial charge is 0.481 e. The van der Waals surface area contributed by atoms with E-state index in [0.717, 1.165) is 24.8 Å². The number of aliphatic carboxylic acids is 1. The Morgan fingerprint density at radius 3 is 2.50 bits per heavy atom. The van der Waals surface area contributed by atoms with Gasteiger partial charge in [0, 0.05) is 11.8 Å². The van der Waals surface area contributed by atoms with E-state index in [9.17, 15) is 37.9 Å². The lowest BCUT2D eigenvalue weighted by Crippen LogP contribution is -2.63. The van der Waals surface area contributed by atoms with Crippen molar-refractivity contribution in [3.05, 3.63) is 12.2 Å². The third kappa shape index (κ3) is 7.32. The molecule has 1 heterocycles. The zero-order chi connectivity index (χ0) is 35.2. The Kier molecular flexibility index (Phi) is 11.6. The van der Waals surface area contributed by atoms with Crippen LogP contribution < -0.4 is 0 Å². The van der Waals surface area contributed by atoms with Crippen LogP contribution in [0.5, 0.6) is 0 Å². The molecule has 1 aliphatic heterocycles. The highest BCUT2D eigenvalue weighted by molar-refractivity contribution is 7.89. The minimum atomic E-state index is -5.24. The number of hydrogen-bond acceptors (Lipinski definition) is 15. The van der Waals surface area contributed by atoms with Gasteiger partial charge < -0.3 is 29.5 Å². The van der Waals surface area contributed by atoms with Crippen molar-refractivity contribution in [2.75, 3.05) is 6.61 Å². The molecule has 18 heteroatoms. The quantitative estimate of drug-likeness (QED) is 0.0268. The molecule has 0 aromatic heterocycles. The molecule has 4 saturated carbocycles. The van der Waals surface area contributed by atoms with Gasteiger partial charge in [0.25, 0.3) is 0 Å². The molecule has 5 fully saturated rings. The minimum absolute atomic E-state index is 0.0154. The van der Waals surface area contributed by atoms with Gasteiger partial charge in [-0.2, -0.15) is 8.42 Å². The normalized spacial score (nSPS) is 42.7. The van der Waals surface area contributed by atoms with Gasteiger partial charge in [-0.25, -0.2) is 9.44 Å². The Balaban J connectivity index is 1.49. The van der Waals surface area contributed by atoms with Crippen molar-refractivity contribution in [2.24, 2.45) is 40.4 Å². The van der Waals surface area contributed by atoms with Crippen molar-refractivity contribution >= 4 is 34.7 Å². The van der Waals surface area contributed by atoms with E-state index in [1.165, 1.54) is 0 Å². The van der Waals surface area contributed by atoms with Crippen molar-refractivity contribution in [2.45, 2.75) is 115 Å². The summed E-state index contributed by atoms with van der Waals surface area (Å²) in [5.41, 5.74) is -0.180. The van der Waals surface area contributed by atoms with Gasteiger partial charge in [0.2, 0.25) is 0 Å². The molecule has 13 atom stereocenters. The van der Waals surface area contributed by atoms with Gasteiger partial charge in [-0.05, 0) is 79.6 Å². The Morgan fingerprint density at radius 2 is 1.88 bits per heavy atom. The number of carbonyl (C=O) groups excluding carboxylic acids is 1. The SMILES string of the molecule is C=C1C2CCC3C4(C)CC(OC5O[C@@H](CO)[C@@H](OSOOO)C(OS(=O)(=O)O)C5OC(=O)CC(C)C)CC(C(=O)O)C4CCC3(C2)[C@H]1O. The molecule has 0 radical (unpaired) electrons. The second kappa shape index (κ2) is 14.7. The molecule has 48 heavy (non-hydrogen) atoms. The fourth-order valence-corrected chi connectivity index (χ4v) is 10.6. The van der Waals surface area contributed by atoms with Gasteiger partial charge in [-0.15, -0.1) is 4.33 Å².